The van der Waals surface area contributed by atoms with Crippen LogP contribution in [-0.2, 0) is 4.79 Å². The lowest BCUT2D eigenvalue weighted by atomic mass is 10.0. The molecular formula is C26H27NO4. The molecule has 0 aliphatic heterocycles. The van der Waals surface area contributed by atoms with Crippen LogP contribution in [0, 0.1) is 6.92 Å². The molecule has 3 aromatic carbocycles. The minimum Gasteiger partial charge on any atom is -0.479 e. The first-order valence-corrected chi connectivity index (χ1v) is 10.3. The first-order chi connectivity index (χ1) is 14.8. The summed E-state index contributed by atoms with van der Waals surface area (Å²) in [5, 5.41) is 2.84. The molecule has 0 aliphatic rings. The largest absolute Gasteiger partial charge is 0.479 e. The summed E-state index contributed by atoms with van der Waals surface area (Å²) >= 11 is 0. The number of amides is 1. The lowest BCUT2D eigenvalue weighted by Gasteiger charge is -2.15. The number of esters is 1. The third-order valence-electron chi connectivity index (χ3n) is 4.84. The molecule has 160 valence electrons. The van der Waals surface area contributed by atoms with E-state index in [1.54, 1.807) is 31.2 Å². The lowest BCUT2D eigenvalue weighted by molar-refractivity contribution is -0.141. The van der Waals surface area contributed by atoms with Crippen LogP contribution in [0.5, 0.6) is 11.5 Å². The number of carbonyl (C=O) groups excluding carboxylic acids is 2. The molecular weight excluding hydrogens is 390 g/mol. The molecule has 0 saturated heterocycles. The van der Waals surface area contributed by atoms with Gasteiger partial charge in [-0.15, -0.1) is 0 Å². The second kappa shape index (κ2) is 9.94. The number of anilines is 1. The van der Waals surface area contributed by atoms with Gasteiger partial charge in [-0.05, 0) is 73.9 Å². The maximum absolute atomic E-state index is 12.4. The average Bonchev–Trinajstić information content (AvgIpc) is 2.76. The fourth-order valence-corrected chi connectivity index (χ4v) is 2.90. The van der Waals surface area contributed by atoms with E-state index in [9.17, 15) is 9.59 Å². The molecule has 1 amide bonds. The molecule has 0 heterocycles. The fraction of sp³-hybridized carbons (Fsp3) is 0.231. The van der Waals surface area contributed by atoms with Gasteiger partial charge < -0.3 is 14.8 Å². The molecule has 1 atom stereocenters. The van der Waals surface area contributed by atoms with Crippen molar-refractivity contribution in [1.29, 1.82) is 0 Å². The lowest BCUT2D eigenvalue weighted by Crippen LogP contribution is -2.28. The van der Waals surface area contributed by atoms with Gasteiger partial charge in [0.2, 0.25) is 0 Å². The molecule has 0 spiro atoms. The van der Waals surface area contributed by atoms with Crippen LogP contribution in [0.1, 0.15) is 48.2 Å². The third-order valence-corrected chi connectivity index (χ3v) is 4.84. The molecule has 0 radical (unpaired) electrons. The summed E-state index contributed by atoms with van der Waals surface area (Å²) in [7, 11) is 0. The zero-order valence-corrected chi connectivity index (χ0v) is 18.2. The van der Waals surface area contributed by atoms with E-state index in [4.69, 9.17) is 9.47 Å². The van der Waals surface area contributed by atoms with Gasteiger partial charge in [0, 0.05) is 11.3 Å². The van der Waals surface area contributed by atoms with E-state index in [1.165, 1.54) is 5.56 Å². The third kappa shape index (κ3) is 6.19. The van der Waals surface area contributed by atoms with Crippen molar-refractivity contribution in [2.45, 2.75) is 39.7 Å². The van der Waals surface area contributed by atoms with Crippen molar-refractivity contribution in [3.63, 3.8) is 0 Å². The van der Waals surface area contributed by atoms with E-state index in [0.29, 0.717) is 23.0 Å². The van der Waals surface area contributed by atoms with Crippen molar-refractivity contribution in [1.82, 2.24) is 0 Å². The van der Waals surface area contributed by atoms with Crippen molar-refractivity contribution < 1.29 is 19.1 Å². The Hall–Kier alpha value is -3.60. The molecule has 31 heavy (non-hydrogen) atoms. The first kappa shape index (κ1) is 22.1. The van der Waals surface area contributed by atoms with Crippen LogP contribution in [0.15, 0.2) is 72.8 Å². The summed E-state index contributed by atoms with van der Waals surface area (Å²) in [6.07, 6.45) is -0.769. The zero-order chi connectivity index (χ0) is 22.4. The highest BCUT2D eigenvalue weighted by atomic mass is 16.6. The molecule has 5 heteroatoms. The average molecular weight is 418 g/mol. The quantitative estimate of drug-likeness (QED) is 0.393. The predicted molar refractivity (Wildman–Crippen MR) is 122 cm³/mol. The molecule has 1 unspecified atom stereocenters. The van der Waals surface area contributed by atoms with Gasteiger partial charge in [-0.25, -0.2) is 4.79 Å². The Kier molecular flexibility index (Phi) is 7.08. The molecule has 0 bridgehead atoms. The Balaban J connectivity index is 1.55. The number of nitrogens with one attached hydrogen (secondary N) is 1. The topological polar surface area (TPSA) is 64.6 Å². The van der Waals surface area contributed by atoms with Gasteiger partial charge in [0.25, 0.3) is 5.91 Å². The Morgan fingerprint density at radius 1 is 0.774 bits per heavy atom. The first-order valence-electron chi connectivity index (χ1n) is 10.3. The Morgan fingerprint density at radius 2 is 1.35 bits per heavy atom. The van der Waals surface area contributed by atoms with Gasteiger partial charge in [0.1, 0.15) is 11.5 Å². The second-order valence-corrected chi connectivity index (χ2v) is 7.75. The van der Waals surface area contributed by atoms with E-state index in [0.717, 1.165) is 11.3 Å². The van der Waals surface area contributed by atoms with Crippen molar-refractivity contribution in [3.8, 4) is 11.5 Å². The van der Waals surface area contributed by atoms with E-state index in [2.05, 4.69) is 19.2 Å². The van der Waals surface area contributed by atoms with E-state index in [-0.39, 0.29) is 5.91 Å². The van der Waals surface area contributed by atoms with E-state index >= 15 is 0 Å². The molecule has 0 aromatic heterocycles. The highest BCUT2D eigenvalue weighted by Crippen LogP contribution is 2.20. The molecule has 0 fully saturated rings. The maximum atomic E-state index is 12.4. The van der Waals surface area contributed by atoms with Crippen LogP contribution in [-0.4, -0.2) is 18.0 Å². The SMILES string of the molecule is Cc1ccc(NC(=O)c2ccc(OC(=O)C(C)Oc3ccc(C(C)C)cc3)cc2)cc1. The number of ether oxygens (including phenoxy) is 2. The second-order valence-electron chi connectivity index (χ2n) is 7.75. The minimum atomic E-state index is -0.769. The number of aryl methyl sites for hydroxylation is 1. The predicted octanol–water partition coefficient (Wildman–Crippen LogP) is 5.74. The molecule has 1 N–H and O–H groups in total. The maximum Gasteiger partial charge on any atom is 0.352 e. The number of rotatable bonds is 7. The molecule has 5 nitrogen and oxygen atoms in total. The summed E-state index contributed by atoms with van der Waals surface area (Å²) in [4.78, 5) is 24.7. The molecule has 0 saturated carbocycles. The summed E-state index contributed by atoms with van der Waals surface area (Å²) in [5.41, 5.74) is 3.51. The Bertz CT molecular complexity index is 1020. The van der Waals surface area contributed by atoms with Gasteiger partial charge in [-0.1, -0.05) is 43.7 Å². The van der Waals surface area contributed by atoms with Gasteiger partial charge in [-0.2, -0.15) is 0 Å². The number of benzene rings is 3. The standard InChI is InChI=1S/C26H27NO4/c1-17(2)20-7-13-23(14-8-20)30-19(4)26(29)31-24-15-9-21(10-16-24)25(28)27-22-11-5-18(3)6-12-22/h5-17,19H,1-4H3,(H,27,28). The Morgan fingerprint density at radius 3 is 1.94 bits per heavy atom. The highest BCUT2D eigenvalue weighted by Gasteiger charge is 2.18. The van der Waals surface area contributed by atoms with Crippen molar-refractivity contribution in [2.75, 3.05) is 5.32 Å². The summed E-state index contributed by atoms with van der Waals surface area (Å²) < 4.78 is 11.1. The fourth-order valence-electron chi connectivity index (χ4n) is 2.90. The van der Waals surface area contributed by atoms with Crippen LogP contribution in [0.3, 0.4) is 0 Å². The minimum absolute atomic E-state index is 0.233. The highest BCUT2D eigenvalue weighted by molar-refractivity contribution is 6.04. The summed E-state index contributed by atoms with van der Waals surface area (Å²) in [6, 6.07) is 21.6. The van der Waals surface area contributed by atoms with Gasteiger partial charge in [0.15, 0.2) is 6.10 Å². The molecule has 3 aromatic rings. The summed E-state index contributed by atoms with van der Waals surface area (Å²) in [6.45, 7) is 7.86. The molecule has 0 aliphatic carbocycles. The van der Waals surface area contributed by atoms with Gasteiger partial charge >= 0.3 is 5.97 Å². The van der Waals surface area contributed by atoms with Crippen LogP contribution in [0.4, 0.5) is 5.69 Å². The van der Waals surface area contributed by atoms with Crippen LogP contribution in [0.2, 0.25) is 0 Å². The smallest absolute Gasteiger partial charge is 0.352 e. The molecule has 3 rings (SSSR count). The van der Waals surface area contributed by atoms with Crippen molar-refractivity contribution in [2.24, 2.45) is 0 Å². The van der Waals surface area contributed by atoms with Gasteiger partial charge in [0.05, 0.1) is 0 Å². The number of hydrogen-bond donors (Lipinski definition) is 1. The summed E-state index contributed by atoms with van der Waals surface area (Å²) in [5.74, 6) is 0.644. The zero-order valence-electron chi connectivity index (χ0n) is 18.2. The number of carbonyl (C=O) groups is 2. The van der Waals surface area contributed by atoms with Gasteiger partial charge in [-0.3, -0.25) is 4.79 Å². The monoisotopic (exact) mass is 417 g/mol. The van der Waals surface area contributed by atoms with Crippen LogP contribution < -0.4 is 14.8 Å². The van der Waals surface area contributed by atoms with E-state index < -0.39 is 12.1 Å². The van der Waals surface area contributed by atoms with Crippen molar-refractivity contribution >= 4 is 17.6 Å². The van der Waals surface area contributed by atoms with Crippen molar-refractivity contribution in [3.05, 3.63) is 89.5 Å². The Labute approximate surface area is 183 Å². The normalized spacial score (nSPS) is 11.6. The van der Waals surface area contributed by atoms with E-state index in [1.807, 2.05) is 55.5 Å². The van der Waals surface area contributed by atoms with Crippen LogP contribution >= 0.6 is 0 Å². The van der Waals surface area contributed by atoms with Crippen LogP contribution in [0.25, 0.3) is 0 Å². The number of hydrogen-bond acceptors (Lipinski definition) is 4.